The second-order valence-electron chi connectivity index (χ2n) is 4.25. The molecule has 0 spiro atoms. The lowest BCUT2D eigenvalue weighted by Gasteiger charge is -2.15. The number of rotatable bonds is 2. The summed E-state index contributed by atoms with van der Waals surface area (Å²) in [5.74, 6) is 0.129. The van der Waals surface area contributed by atoms with Crippen LogP contribution in [0.4, 0.5) is 10.2 Å². The van der Waals surface area contributed by atoms with Crippen LogP contribution < -0.4 is 11.4 Å². The van der Waals surface area contributed by atoms with Crippen molar-refractivity contribution in [2.45, 2.75) is 19.3 Å². The summed E-state index contributed by atoms with van der Waals surface area (Å²) >= 11 is 0. The molecule has 1 aliphatic rings. The van der Waals surface area contributed by atoms with Gasteiger partial charge in [0.1, 0.15) is 11.9 Å². The number of aliphatic hydroxyl groups is 1. The van der Waals surface area contributed by atoms with E-state index in [2.05, 4.69) is 11.6 Å². The molecular weight excluding hydrogens is 253 g/mol. The largest absolute Gasteiger partial charge is 0.393 e. The second-order valence-corrected chi connectivity index (χ2v) is 4.25. The molecule has 1 saturated heterocycles. The van der Waals surface area contributed by atoms with Crippen LogP contribution in [0.3, 0.4) is 0 Å². The van der Waals surface area contributed by atoms with Gasteiger partial charge in [-0.05, 0) is 6.92 Å². The Morgan fingerprint density at radius 3 is 2.95 bits per heavy atom. The number of nitrogens with zero attached hydrogens (tertiary/aromatic N) is 2. The number of nitrogens with two attached hydrogens (primary N) is 1. The third-order valence-electron chi connectivity index (χ3n) is 3.02. The Hall–Kier alpha value is -1.99. The first-order valence-corrected chi connectivity index (χ1v) is 5.60. The van der Waals surface area contributed by atoms with Gasteiger partial charge < -0.3 is 15.6 Å². The maximum absolute atomic E-state index is 12.8. The molecule has 6 nitrogen and oxygen atoms in total. The monoisotopic (exact) mass is 267 g/mol. The number of aromatic nitrogens is 2. The number of hydrogen-bond donors (Lipinski definition) is 2. The van der Waals surface area contributed by atoms with Crippen molar-refractivity contribution >= 4 is 5.82 Å². The molecule has 0 aliphatic carbocycles. The zero-order valence-corrected chi connectivity index (χ0v) is 10.3. The standard InChI is InChI=1S/C12H14FN3O3/c1-6-4-16(12(18)15-10(6)14)11-7(2)8(3-13)9(5-17)19-11/h3-4,9,11,17H,2,5H2,1H3,(H2,14,15,18)/b8-3+. The van der Waals surface area contributed by atoms with Crippen LogP contribution in [0.2, 0.25) is 0 Å². The molecule has 0 saturated carbocycles. The predicted molar refractivity (Wildman–Crippen MR) is 67.0 cm³/mol. The molecule has 3 N–H and O–H groups in total. The van der Waals surface area contributed by atoms with E-state index < -0.39 is 24.6 Å². The van der Waals surface area contributed by atoms with E-state index in [9.17, 15) is 9.18 Å². The van der Waals surface area contributed by atoms with Crippen LogP contribution in [0.25, 0.3) is 0 Å². The van der Waals surface area contributed by atoms with Gasteiger partial charge in [-0.1, -0.05) is 6.58 Å². The van der Waals surface area contributed by atoms with Crippen LogP contribution in [-0.4, -0.2) is 27.4 Å². The van der Waals surface area contributed by atoms with Gasteiger partial charge in [0.05, 0.1) is 12.9 Å². The summed E-state index contributed by atoms with van der Waals surface area (Å²) in [6, 6.07) is 0. The van der Waals surface area contributed by atoms with Crippen LogP contribution in [0.15, 0.2) is 35.0 Å². The van der Waals surface area contributed by atoms with E-state index in [-0.39, 0.29) is 17.0 Å². The number of ether oxygens (including phenoxy) is 1. The topological polar surface area (TPSA) is 90.4 Å². The number of halogens is 1. The quantitative estimate of drug-likeness (QED) is 0.811. The minimum atomic E-state index is -0.890. The summed E-state index contributed by atoms with van der Waals surface area (Å²) in [7, 11) is 0. The number of anilines is 1. The summed E-state index contributed by atoms with van der Waals surface area (Å²) < 4.78 is 19.4. The highest BCUT2D eigenvalue weighted by Crippen LogP contribution is 2.36. The average molecular weight is 267 g/mol. The predicted octanol–water partition coefficient (Wildman–Crippen LogP) is 0.433. The molecule has 0 amide bonds. The van der Waals surface area contributed by atoms with Gasteiger partial charge in [-0.15, -0.1) is 0 Å². The molecule has 2 atom stereocenters. The number of hydrogen-bond acceptors (Lipinski definition) is 5. The molecule has 0 bridgehead atoms. The number of nitrogen functional groups attached to an aromatic ring is 1. The molecule has 2 heterocycles. The summed E-state index contributed by atoms with van der Waals surface area (Å²) in [6.45, 7) is 4.98. The van der Waals surface area contributed by atoms with Gasteiger partial charge in [-0.3, -0.25) is 4.57 Å². The molecule has 19 heavy (non-hydrogen) atoms. The van der Waals surface area contributed by atoms with Crippen molar-refractivity contribution in [3.8, 4) is 0 Å². The summed E-state index contributed by atoms with van der Waals surface area (Å²) in [5.41, 5.74) is 5.91. The highest BCUT2D eigenvalue weighted by Gasteiger charge is 2.35. The summed E-state index contributed by atoms with van der Waals surface area (Å²) in [6.07, 6.45) is 0.0628. The first-order valence-electron chi connectivity index (χ1n) is 5.60. The third-order valence-corrected chi connectivity index (χ3v) is 3.02. The van der Waals surface area contributed by atoms with E-state index in [0.717, 1.165) is 0 Å². The van der Waals surface area contributed by atoms with Crippen LogP contribution in [0.5, 0.6) is 0 Å². The van der Waals surface area contributed by atoms with E-state index in [4.69, 9.17) is 15.6 Å². The summed E-state index contributed by atoms with van der Waals surface area (Å²) in [5, 5.41) is 9.12. The lowest BCUT2D eigenvalue weighted by Crippen LogP contribution is -2.29. The molecule has 1 aliphatic heterocycles. The van der Waals surface area contributed by atoms with E-state index in [0.29, 0.717) is 11.9 Å². The fraction of sp³-hybridized carbons (Fsp3) is 0.333. The first-order chi connectivity index (χ1) is 8.99. The Morgan fingerprint density at radius 1 is 1.74 bits per heavy atom. The minimum absolute atomic E-state index is 0.129. The maximum atomic E-state index is 12.8. The first kappa shape index (κ1) is 13.4. The van der Waals surface area contributed by atoms with Crippen molar-refractivity contribution in [1.29, 1.82) is 0 Å². The fourth-order valence-corrected chi connectivity index (χ4v) is 1.92. The van der Waals surface area contributed by atoms with Gasteiger partial charge in [0, 0.05) is 22.9 Å². The Balaban J connectivity index is 2.47. The van der Waals surface area contributed by atoms with Crippen molar-refractivity contribution < 1.29 is 14.2 Å². The number of aliphatic hydroxyl groups excluding tert-OH is 1. The van der Waals surface area contributed by atoms with E-state index in [1.54, 1.807) is 6.92 Å². The molecule has 2 rings (SSSR count). The Morgan fingerprint density at radius 2 is 2.42 bits per heavy atom. The molecule has 0 radical (unpaired) electrons. The molecule has 2 unspecified atom stereocenters. The van der Waals surface area contributed by atoms with Crippen molar-refractivity contribution in [2.24, 2.45) is 0 Å². The molecule has 1 fully saturated rings. The Bertz CT molecular complexity index is 609. The third kappa shape index (κ3) is 2.18. The van der Waals surface area contributed by atoms with Gasteiger partial charge in [-0.25, -0.2) is 9.18 Å². The zero-order valence-electron chi connectivity index (χ0n) is 10.3. The minimum Gasteiger partial charge on any atom is -0.393 e. The molecular formula is C12H14FN3O3. The van der Waals surface area contributed by atoms with Crippen LogP contribution >= 0.6 is 0 Å². The molecule has 7 heteroatoms. The van der Waals surface area contributed by atoms with Crippen LogP contribution in [0.1, 0.15) is 11.8 Å². The SMILES string of the molecule is C=C1/C(=C\F)C(CO)OC1n1cc(C)c(N)nc1=O. The van der Waals surface area contributed by atoms with E-state index in [1.165, 1.54) is 10.8 Å². The Kier molecular flexibility index (Phi) is 3.50. The van der Waals surface area contributed by atoms with Gasteiger partial charge >= 0.3 is 5.69 Å². The second kappa shape index (κ2) is 4.94. The smallest absolute Gasteiger partial charge is 0.351 e. The number of aryl methyl sites for hydroxylation is 1. The van der Waals surface area contributed by atoms with Gasteiger partial charge in [0.2, 0.25) is 0 Å². The maximum Gasteiger partial charge on any atom is 0.351 e. The molecule has 1 aromatic rings. The summed E-state index contributed by atoms with van der Waals surface area (Å²) in [4.78, 5) is 15.4. The van der Waals surface area contributed by atoms with E-state index >= 15 is 0 Å². The lowest BCUT2D eigenvalue weighted by molar-refractivity contribution is -0.00825. The fourth-order valence-electron chi connectivity index (χ4n) is 1.92. The Labute approximate surface area is 108 Å². The highest BCUT2D eigenvalue weighted by atomic mass is 19.1. The molecule has 102 valence electrons. The van der Waals surface area contributed by atoms with Crippen molar-refractivity contribution in [2.75, 3.05) is 12.3 Å². The zero-order chi connectivity index (χ0) is 14.2. The van der Waals surface area contributed by atoms with Gasteiger partial charge in [0.15, 0.2) is 6.23 Å². The molecule has 1 aromatic heterocycles. The van der Waals surface area contributed by atoms with Crippen LogP contribution in [-0.2, 0) is 4.74 Å². The van der Waals surface area contributed by atoms with Gasteiger partial charge in [-0.2, -0.15) is 4.98 Å². The van der Waals surface area contributed by atoms with Crippen molar-refractivity contribution in [3.05, 3.63) is 46.3 Å². The van der Waals surface area contributed by atoms with Crippen molar-refractivity contribution in [3.63, 3.8) is 0 Å². The highest BCUT2D eigenvalue weighted by molar-refractivity contribution is 5.39. The van der Waals surface area contributed by atoms with E-state index in [1.807, 2.05) is 0 Å². The normalized spacial score (nSPS) is 25.2. The average Bonchev–Trinajstić information content (AvgIpc) is 2.70. The van der Waals surface area contributed by atoms with Gasteiger partial charge in [0.25, 0.3) is 0 Å². The van der Waals surface area contributed by atoms with Crippen molar-refractivity contribution in [1.82, 2.24) is 9.55 Å². The lowest BCUT2D eigenvalue weighted by atomic mass is 10.1. The van der Waals surface area contributed by atoms with Crippen LogP contribution in [0, 0.1) is 6.92 Å². The molecule has 0 aromatic carbocycles.